The number of carboxylic acid groups (broad SMARTS) is 1. The number of halogens is 1. The molecule has 0 spiro atoms. The summed E-state index contributed by atoms with van der Waals surface area (Å²) >= 11 is 2.94. The molecule has 0 unspecified atom stereocenters. The number of esters is 1. The number of rotatable bonds is 6. The molecule has 1 N–H and O–H groups in total. The average Bonchev–Trinajstić information content (AvgIpc) is 2.03. The molecule has 0 atom stereocenters. The molecular formula is C7H11BrO4. The Morgan fingerprint density at radius 1 is 1.33 bits per heavy atom. The van der Waals surface area contributed by atoms with Crippen molar-refractivity contribution < 1.29 is 19.4 Å². The van der Waals surface area contributed by atoms with E-state index in [4.69, 9.17) is 9.84 Å². The summed E-state index contributed by atoms with van der Waals surface area (Å²) in [7, 11) is 0. The van der Waals surface area contributed by atoms with Crippen molar-refractivity contribution in [1.82, 2.24) is 0 Å². The van der Waals surface area contributed by atoms with E-state index in [9.17, 15) is 9.59 Å². The van der Waals surface area contributed by atoms with Gasteiger partial charge in [0.25, 0.3) is 0 Å². The monoisotopic (exact) mass is 238 g/mol. The van der Waals surface area contributed by atoms with Crippen LogP contribution in [0.25, 0.3) is 0 Å². The molecule has 0 aromatic heterocycles. The Morgan fingerprint density at radius 3 is 2.50 bits per heavy atom. The molecule has 70 valence electrons. The Morgan fingerprint density at radius 2 is 2.00 bits per heavy atom. The van der Waals surface area contributed by atoms with Crippen molar-refractivity contribution in [3.63, 3.8) is 0 Å². The summed E-state index contributed by atoms with van der Waals surface area (Å²) in [6.45, 7) is 0.303. The Labute approximate surface area is 79.0 Å². The number of unbranched alkanes of at least 4 members (excludes halogenated alkanes) is 1. The number of ether oxygens (including phenoxy) is 1. The fourth-order valence-electron chi connectivity index (χ4n) is 0.603. The molecule has 0 aliphatic carbocycles. The maximum atomic E-state index is 10.5. The van der Waals surface area contributed by atoms with E-state index >= 15 is 0 Å². The van der Waals surface area contributed by atoms with Gasteiger partial charge in [-0.1, -0.05) is 15.9 Å². The van der Waals surface area contributed by atoms with Crippen LogP contribution in [0, 0.1) is 0 Å². The van der Waals surface area contributed by atoms with Crippen LogP contribution in [-0.4, -0.2) is 29.0 Å². The van der Waals surface area contributed by atoms with Gasteiger partial charge in [-0.25, -0.2) is 0 Å². The van der Waals surface area contributed by atoms with E-state index in [1.54, 1.807) is 0 Å². The lowest BCUT2D eigenvalue weighted by Crippen LogP contribution is -2.06. The smallest absolute Gasteiger partial charge is 0.316 e. The predicted molar refractivity (Wildman–Crippen MR) is 46.2 cm³/mol. The Balaban J connectivity index is 3.11. The Kier molecular flexibility index (Phi) is 6.75. The second-order valence-corrected chi connectivity index (χ2v) is 2.77. The summed E-state index contributed by atoms with van der Waals surface area (Å²) in [5.74, 6) is -1.13. The first-order chi connectivity index (χ1) is 5.66. The van der Waals surface area contributed by atoms with Crippen molar-refractivity contribution >= 4 is 27.9 Å². The number of aliphatic carboxylic acids is 1. The lowest BCUT2D eigenvalue weighted by molar-refractivity contribution is -0.140. The summed E-state index contributed by atoms with van der Waals surface area (Å²) in [6.07, 6.45) is 1.28. The molecule has 0 aliphatic heterocycles. The zero-order valence-electron chi connectivity index (χ0n) is 6.59. The van der Waals surface area contributed by atoms with E-state index in [1.807, 2.05) is 0 Å². The van der Waals surface area contributed by atoms with Crippen LogP contribution in [0.3, 0.4) is 0 Å². The van der Waals surface area contributed by atoms with Gasteiger partial charge in [0.1, 0.15) is 5.33 Å². The molecule has 4 nitrogen and oxygen atoms in total. The molecule has 0 rings (SSSR count). The molecule has 0 radical (unpaired) electrons. The first-order valence-electron chi connectivity index (χ1n) is 3.60. The number of hydrogen-bond acceptors (Lipinski definition) is 3. The standard InChI is InChI=1S/C7H11BrO4/c8-5-7(11)12-4-2-1-3-6(9)10/h1-5H2,(H,9,10). The predicted octanol–water partition coefficient (Wildman–Crippen LogP) is 1.18. The zero-order chi connectivity index (χ0) is 9.40. The van der Waals surface area contributed by atoms with Gasteiger partial charge in [0, 0.05) is 6.42 Å². The number of carbonyl (C=O) groups excluding carboxylic acids is 1. The first-order valence-corrected chi connectivity index (χ1v) is 4.72. The molecule has 0 bridgehead atoms. The third-order valence-electron chi connectivity index (χ3n) is 1.16. The highest BCUT2D eigenvalue weighted by Crippen LogP contribution is 1.96. The van der Waals surface area contributed by atoms with Gasteiger partial charge >= 0.3 is 11.9 Å². The van der Waals surface area contributed by atoms with Gasteiger partial charge < -0.3 is 9.84 Å². The molecule has 0 aliphatic rings. The van der Waals surface area contributed by atoms with Crippen molar-refractivity contribution in [2.24, 2.45) is 0 Å². The third-order valence-corrected chi connectivity index (χ3v) is 1.61. The molecule has 12 heavy (non-hydrogen) atoms. The van der Waals surface area contributed by atoms with E-state index in [1.165, 1.54) is 0 Å². The van der Waals surface area contributed by atoms with Crippen molar-refractivity contribution in [3.8, 4) is 0 Å². The largest absolute Gasteiger partial charge is 0.481 e. The van der Waals surface area contributed by atoms with Crippen molar-refractivity contribution in [2.75, 3.05) is 11.9 Å². The molecule has 5 heteroatoms. The maximum absolute atomic E-state index is 10.5. The van der Waals surface area contributed by atoms with Crippen LogP contribution in [0.15, 0.2) is 0 Å². The quantitative estimate of drug-likeness (QED) is 0.429. The number of carbonyl (C=O) groups is 2. The lowest BCUT2D eigenvalue weighted by Gasteiger charge is -2.00. The molecule has 0 saturated heterocycles. The minimum absolute atomic E-state index is 0.131. The Hall–Kier alpha value is -0.580. The summed E-state index contributed by atoms with van der Waals surface area (Å²) in [5.41, 5.74) is 0. The average molecular weight is 239 g/mol. The molecule has 0 fully saturated rings. The van der Waals surface area contributed by atoms with Crippen LogP contribution in [0.4, 0.5) is 0 Å². The van der Waals surface area contributed by atoms with Gasteiger partial charge in [-0.05, 0) is 12.8 Å². The van der Waals surface area contributed by atoms with Gasteiger partial charge in [0.15, 0.2) is 0 Å². The number of alkyl halides is 1. The fourth-order valence-corrected chi connectivity index (χ4v) is 0.765. The molecule has 0 aromatic carbocycles. The van der Waals surface area contributed by atoms with Gasteiger partial charge in [0.05, 0.1) is 6.61 Å². The van der Waals surface area contributed by atoms with Crippen molar-refractivity contribution in [1.29, 1.82) is 0 Å². The van der Waals surface area contributed by atoms with E-state index in [0.717, 1.165) is 0 Å². The summed E-state index contributed by atoms with van der Waals surface area (Å²) in [4.78, 5) is 20.6. The molecule has 0 aromatic rings. The second kappa shape index (κ2) is 7.09. The van der Waals surface area contributed by atoms with Gasteiger partial charge in [-0.15, -0.1) is 0 Å². The SMILES string of the molecule is O=C(O)CCCCOC(=O)CBr. The van der Waals surface area contributed by atoms with Crippen LogP contribution in [0.2, 0.25) is 0 Å². The second-order valence-electron chi connectivity index (χ2n) is 2.20. The number of carboxylic acids is 1. The molecule has 0 heterocycles. The van der Waals surface area contributed by atoms with E-state index in [2.05, 4.69) is 15.9 Å². The minimum atomic E-state index is -0.818. The summed E-state index contributed by atoms with van der Waals surface area (Å²) < 4.78 is 4.69. The first kappa shape index (κ1) is 11.4. The summed E-state index contributed by atoms with van der Waals surface area (Å²) in [5, 5.41) is 8.44. The maximum Gasteiger partial charge on any atom is 0.316 e. The third kappa shape index (κ3) is 7.53. The summed E-state index contributed by atoms with van der Waals surface area (Å²) in [6, 6.07) is 0. The van der Waals surface area contributed by atoms with Gasteiger partial charge in [-0.2, -0.15) is 0 Å². The van der Waals surface area contributed by atoms with Crippen LogP contribution in [0.5, 0.6) is 0 Å². The van der Waals surface area contributed by atoms with Gasteiger partial charge in [-0.3, -0.25) is 9.59 Å². The normalized spacial score (nSPS) is 9.42. The van der Waals surface area contributed by atoms with Crippen LogP contribution < -0.4 is 0 Å². The highest BCUT2D eigenvalue weighted by Gasteiger charge is 1.99. The highest BCUT2D eigenvalue weighted by molar-refractivity contribution is 9.09. The van der Waals surface area contributed by atoms with Gasteiger partial charge in [0.2, 0.25) is 0 Å². The zero-order valence-corrected chi connectivity index (χ0v) is 8.17. The fraction of sp³-hybridized carbons (Fsp3) is 0.714. The lowest BCUT2D eigenvalue weighted by atomic mass is 10.2. The van der Waals surface area contributed by atoms with E-state index in [-0.39, 0.29) is 17.7 Å². The minimum Gasteiger partial charge on any atom is -0.481 e. The van der Waals surface area contributed by atoms with Crippen molar-refractivity contribution in [2.45, 2.75) is 19.3 Å². The highest BCUT2D eigenvalue weighted by atomic mass is 79.9. The molecule has 0 amide bonds. The van der Waals surface area contributed by atoms with E-state index < -0.39 is 5.97 Å². The van der Waals surface area contributed by atoms with Crippen LogP contribution in [0.1, 0.15) is 19.3 Å². The Bertz CT molecular complexity index is 157. The van der Waals surface area contributed by atoms with Crippen LogP contribution in [-0.2, 0) is 14.3 Å². The van der Waals surface area contributed by atoms with E-state index in [0.29, 0.717) is 19.4 Å². The van der Waals surface area contributed by atoms with Crippen LogP contribution >= 0.6 is 15.9 Å². The topological polar surface area (TPSA) is 63.6 Å². The van der Waals surface area contributed by atoms with Crippen molar-refractivity contribution in [3.05, 3.63) is 0 Å². The molecular weight excluding hydrogens is 228 g/mol. The number of hydrogen-bond donors (Lipinski definition) is 1. The molecule has 0 saturated carbocycles.